The van der Waals surface area contributed by atoms with Crippen molar-refractivity contribution < 1.29 is 18.9 Å². The maximum atomic E-state index is 6.75. The van der Waals surface area contributed by atoms with Gasteiger partial charge in [-0.2, -0.15) is 0 Å². The number of methoxy groups -OCH3 is 1. The summed E-state index contributed by atoms with van der Waals surface area (Å²) < 4.78 is 28.2. The zero-order chi connectivity index (χ0) is 31.3. The summed E-state index contributed by atoms with van der Waals surface area (Å²) in [4.78, 5) is 13.4. The number of aryl methyl sites for hydroxylation is 1. The number of rotatable bonds is 9. The molecule has 2 fully saturated rings. The smallest absolute Gasteiger partial charge is 0.163 e. The fourth-order valence-corrected chi connectivity index (χ4v) is 7.59. The molecule has 45 heavy (non-hydrogen) atoms. The van der Waals surface area contributed by atoms with E-state index in [2.05, 4.69) is 53.6 Å². The quantitative estimate of drug-likeness (QED) is 0.112. The van der Waals surface area contributed by atoms with Crippen LogP contribution in [-0.4, -0.2) is 51.2 Å². The van der Waals surface area contributed by atoms with Gasteiger partial charge < -0.3 is 23.5 Å². The Balaban J connectivity index is 1.22. The van der Waals surface area contributed by atoms with Gasteiger partial charge in [0.15, 0.2) is 5.79 Å². The van der Waals surface area contributed by atoms with Crippen molar-refractivity contribution >= 4 is 61.1 Å². The molecule has 1 saturated heterocycles. The highest BCUT2D eigenvalue weighted by Crippen LogP contribution is 2.56. The van der Waals surface area contributed by atoms with E-state index in [9.17, 15) is 0 Å². The van der Waals surface area contributed by atoms with Crippen molar-refractivity contribution in [3.63, 3.8) is 0 Å². The van der Waals surface area contributed by atoms with Crippen molar-refractivity contribution in [1.29, 1.82) is 0 Å². The number of nitrogens with zero attached hydrogens (tertiary/aromatic N) is 4. The third-order valence-corrected chi connectivity index (χ3v) is 10.5. The molecule has 234 valence electrons. The third kappa shape index (κ3) is 5.95. The van der Waals surface area contributed by atoms with Crippen molar-refractivity contribution in [2.75, 3.05) is 13.7 Å². The molecule has 0 spiro atoms. The van der Waals surface area contributed by atoms with Crippen LogP contribution in [0.4, 0.5) is 0 Å². The van der Waals surface area contributed by atoms with E-state index < -0.39 is 5.79 Å². The second-order valence-corrected chi connectivity index (χ2v) is 14.0. The molecule has 1 aliphatic heterocycles. The van der Waals surface area contributed by atoms with Crippen molar-refractivity contribution in [2.24, 2.45) is 5.41 Å². The van der Waals surface area contributed by atoms with Crippen molar-refractivity contribution in [3.8, 4) is 5.75 Å². The lowest BCUT2D eigenvalue weighted by molar-refractivity contribution is -0.175. The highest BCUT2D eigenvalue weighted by Gasteiger charge is 2.61. The number of ether oxygens (including phenoxy) is 4. The lowest BCUT2D eigenvalue weighted by atomic mass is 9.78. The lowest BCUT2D eigenvalue weighted by Gasteiger charge is -2.35. The second-order valence-electron chi connectivity index (χ2n) is 12.4. The summed E-state index contributed by atoms with van der Waals surface area (Å²) in [5.41, 5.74) is 3.54. The van der Waals surface area contributed by atoms with Gasteiger partial charge in [-0.3, -0.25) is 0 Å². The van der Waals surface area contributed by atoms with Gasteiger partial charge in [-0.25, -0.2) is 15.0 Å². The summed E-state index contributed by atoms with van der Waals surface area (Å²) in [6.07, 6.45) is 5.53. The Morgan fingerprint density at radius 2 is 1.80 bits per heavy atom. The minimum Gasteiger partial charge on any atom is -0.497 e. The van der Waals surface area contributed by atoms with E-state index >= 15 is 0 Å². The average Bonchev–Trinajstić information content (AvgIpc) is 3.68. The van der Waals surface area contributed by atoms with Crippen LogP contribution in [0.2, 0.25) is 10.3 Å². The topological polar surface area (TPSA) is 80.5 Å². The Morgan fingerprint density at radius 1 is 1.00 bits per heavy atom. The summed E-state index contributed by atoms with van der Waals surface area (Å²) in [6, 6.07) is 18.3. The number of pyridine rings is 1. The fourth-order valence-electron chi connectivity index (χ4n) is 6.92. The molecular formula is C34H33BrCl2N4O4. The molecule has 2 aliphatic rings. The van der Waals surface area contributed by atoms with E-state index in [1.165, 1.54) is 11.9 Å². The molecule has 0 bridgehead atoms. The molecule has 0 unspecified atom stereocenters. The first kappa shape index (κ1) is 30.8. The average molecular weight is 712 g/mol. The Morgan fingerprint density at radius 3 is 2.60 bits per heavy atom. The number of hydrogen-bond acceptors (Lipinski definition) is 7. The number of benzene rings is 2. The molecule has 8 nitrogen and oxygen atoms in total. The molecule has 4 atom stereocenters. The number of halogens is 3. The van der Waals surface area contributed by atoms with Gasteiger partial charge in [-0.1, -0.05) is 47.5 Å². The predicted octanol–water partition coefficient (Wildman–Crippen LogP) is 8.36. The van der Waals surface area contributed by atoms with Gasteiger partial charge in [-0.05, 0) is 90.5 Å². The highest BCUT2D eigenvalue weighted by atomic mass is 79.9. The number of aromatic nitrogens is 4. The minimum absolute atomic E-state index is 0.0424. The van der Waals surface area contributed by atoms with Gasteiger partial charge in [0, 0.05) is 17.0 Å². The standard InChI is InChI=1S/C34H33BrCl2N4O4/c1-33(2)44-28-27(41-13-11-24-30(36)38-19-39-32(24)41)16-34(29(28)45-33,18-43-17-21-5-8-23(42-3)9-6-21)12-10-20-4-7-22-15-25(35)31(37)40-26(22)14-20/h4-9,11,13-15,19,27-29H,10,12,16-18H2,1-3H3/t27-,28+,29+,34+/m1/s1. The summed E-state index contributed by atoms with van der Waals surface area (Å²) in [5.74, 6) is 0.0683. The Kier molecular flexibility index (Phi) is 8.29. The molecule has 2 aromatic carbocycles. The Hall–Kier alpha value is -2.79. The van der Waals surface area contributed by atoms with E-state index in [0.29, 0.717) is 23.5 Å². The van der Waals surface area contributed by atoms with Gasteiger partial charge in [0.05, 0.1) is 47.8 Å². The molecule has 4 heterocycles. The monoisotopic (exact) mass is 710 g/mol. The molecule has 3 aromatic heterocycles. The normalized spacial score (nSPS) is 24.0. The fraction of sp³-hybridized carbons (Fsp3) is 0.382. The highest BCUT2D eigenvalue weighted by molar-refractivity contribution is 9.10. The first-order chi connectivity index (χ1) is 21.6. The maximum Gasteiger partial charge on any atom is 0.163 e. The van der Waals surface area contributed by atoms with E-state index in [1.807, 2.05) is 56.4 Å². The largest absolute Gasteiger partial charge is 0.497 e. The van der Waals surface area contributed by atoms with Gasteiger partial charge in [0.2, 0.25) is 0 Å². The molecule has 11 heteroatoms. The van der Waals surface area contributed by atoms with Crippen LogP contribution in [0, 0.1) is 5.41 Å². The first-order valence-corrected chi connectivity index (χ1v) is 16.5. The van der Waals surface area contributed by atoms with Crippen LogP contribution in [0.1, 0.15) is 43.9 Å². The van der Waals surface area contributed by atoms with Crippen LogP contribution in [0.5, 0.6) is 5.75 Å². The summed E-state index contributed by atoms with van der Waals surface area (Å²) >= 11 is 16.3. The number of fused-ring (bicyclic) bond motifs is 3. The Bertz CT molecular complexity index is 1870. The van der Waals surface area contributed by atoms with Gasteiger partial charge in [0.25, 0.3) is 0 Å². The number of hydrogen-bond donors (Lipinski definition) is 0. The van der Waals surface area contributed by atoms with Gasteiger partial charge in [-0.15, -0.1) is 0 Å². The van der Waals surface area contributed by atoms with E-state index in [-0.39, 0.29) is 23.7 Å². The first-order valence-electron chi connectivity index (χ1n) is 14.9. The molecule has 1 aliphatic carbocycles. The summed E-state index contributed by atoms with van der Waals surface area (Å²) in [7, 11) is 1.67. The molecule has 1 saturated carbocycles. The van der Waals surface area contributed by atoms with Crippen LogP contribution in [-0.2, 0) is 27.2 Å². The van der Waals surface area contributed by atoms with Crippen LogP contribution in [0.15, 0.2) is 71.6 Å². The van der Waals surface area contributed by atoms with Crippen LogP contribution >= 0.6 is 39.1 Å². The summed E-state index contributed by atoms with van der Waals surface area (Å²) in [6.45, 7) is 4.93. The zero-order valence-electron chi connectivity index (χ0n) is 25.2. The molecular weight excluding hydrogens is 679 g/mol. The van der Waals surface area contributed by atoms with Gasteiger partial charge in [0.1, 0.15) is 34.1 Å². The maximum absolute atomic E-state index is 6.75. The van der Waals surface area contributed by atoms with E-state index in [4.69, 9.17) is 42.1 Å². The molecule has 0 N–H and O–H groups in total. The third-order valence-electron chi connectivity index (χ3n) is 9.07. The van der Waals surface area contributed by atoms with Crippen LogP contribution in [0.3, 0.4) is 0 Å². The molecule has 0 amide bonds. The minimum atomic E-state index is -0.748. The molecule has 5 aromatic rings. The van der Waals surface area contributed by atoms with Crippen molar-refractivity contribution in [1.82, 2.24) is 19.5 Å². The summed E-state index contributed by atoms with van der Waals surface area (Å²) in [5, 5.41) is 2.73. The molecule has 7 rings (SSSR count). The van der Waals surface area contributed by atoms with Gasteiger partial charge >= 0.3 is 0 Å². The Labute approximate surface area is 280 Å². The zero-order valence-corrected chi connectivity index (χ0v) is 28.3. The molecule has 0 radical (unpaired) electrons. The second kappa shape index (κ2) is 12.1. The SMILES string of the molecule is COc1ccc(COC[C@]2(CCc3ccc4cc(Br)c(Cl)nc4c3)C[C@@H](n3ccc4c(Cl)ncnc43)[C@@H]3OC(C)(C)O[C@@H]32)cc1. The van der Waals surface area contributed by atoms with E-state index in [0.717, 1.165) is 57.0 Å². The van der Waals surface area contributed by atoms with Crippen molar-refractivity contribution in [3.05, 3.63) is 93.0 Å². The van der Waals surface area contributed by atoms with Crippen LogP contribution in [0.25, 0.3) is 21.9 Å². The van der Waals surface area contributed by atoms with E-state index in [1.54, 1.807) is 7.11 Å². The van der Waals surface area contributed by atoms with Crippen LogP contribution < -0.4 is 4.74 Å². The van der Waals surface area contributed by atoms with Crippen molar-refractivity contribution in [2.45, 2.75) is 63.8 Å². The lowest BCUT2D eigenvalue weighted by Crippen LogP contribution is -2.40. The predicted molar refractivity (Wildman–Crippen MR) is 178 cm³/mol.